The molecular weight excluding hydrogens is 464 g/mol. The number of methoxy groups -OCH3 is 1. The van der Waals surface area contributed by atoms with Gasteiger partial charge in [-0.05, 0) is 41.8 Å². The lowest BCUT2D eigenvalue weighted by Gasteiger charge is -2.14. The summed E-state index contributed by atoms with van der Waals surface area (Å²) < 4.78 is 34.7. The highest BCUT2D eigenvalue weighted by Gasteiger charge is 2.20. The molecule has 11 heteroatoms. The van der Waals surface area contributed by atoms with E-state index in [1.165, 1.54) is 19.2 Å². The van der Waals surface area contributed by atoms with Gasteiger partial charge in [0.25, 0.3) is 5.56 Å². The number of carbonyl (C=O) groups excluding carboxylic acids is 1. The number of anilines is 1. The van der Waals surface area contributed by atoms with Gasteiger partial charge in [-0.2, -0.15) is 0 Å². The number of fused-ring (bicyclic) bond motifs is 1. The molecule has 0 aliphatic carbocycles. The molecule has 0 saturated carbocycles. The van der Waals surface area contributed by atoms with Crippen molar-refractivity contribution in [2.75, 3.05) is 12.4 Å². The topological polar surface area (TPSA) is 82.3 Å². The van der Waals surface area contributed by atoms with E-state index in [1.54, 1.807) is 17.5 Å². The number of aromatic nitrogens is 2. The molecule has 0 aliphatic rings. The third-order valence-electron chi connectivity index (χ3n) is 4.64. The fraction of sp³-hybridized carbons (Fsp3) is 0.0952. The van der Waals surface area contributed by atoms with Crippen molar-refractivity contribution in [1.82, 2.24) is 9.13 Å². The molecule has 7 nitrogen and oxygen atoms in total. The minimum Gasteiger partial charge on any atom is -0.495 e. The fourth-order valence-corrected chi connectivity index (χ4v) is 4.22. The summed E-state index contributed by atoms with van der Waals surface area (Å²) >= 11 is 7.01. The van der Waals surface area contributed by atoms with Crippen LogP contribution in [0.4, 0.5) is 14.5 Å². The third kappa shape index (κ3) is 3.90. The molecule has 0 bridgehead atoms. The van der Waals surface area contributed by atoms with Gasteiger partial charge in [-0.1, -0.05) is 11.6 Å². The molecule has 2 aromatic heterocycles. The van der Waals surface area contributed by atoms with E-state index in [0.29, 0.717) is 21.4 Å². The average Bonchev–Trinajstić information content (AvgIpc) is 3.23. The van der Waals surface area contributed by atoms with Crippen LogP contribution in [0, 0.1) is 11.6 Å². The van der Waals surface area contributed by atoms with E-state index < -0.39 is 41.0 Å². The molecule has 4 aromatic rings. The molecule has 0 aliphatic heterocycles. The lowest BCUT2D eigenvalue weighted by Crippen LogP contribution is -2.40. The largest absolute Gasteiger partial charge is 0.495 e. The van der Waals surface area contributed by atoms with Crippen LogP contribution in [0.25, 0.3) is 15.9 Å². The van der Waals surface area contributed by atoms with Gasteiger partial charge in [0.05, 0.1) is 24.0 Å². The minimum absolute atomic E-state index is 0.140. The van der Waals surface area contributed by atoms with Crippen molar-refractivity contribution in [1.29, 1.82) is 0 Å². The summed E-state index contributed by atoms with van der Waals surface area (Å²) in [4.78, 5) is 38.8. The molecule has 1 N–H and O–H groups in total. The number of hydrogen-bond donors (Lipinski definition) is 1. The van der Waals surface area contributed by atoms with Crippen LogP contribution < -0.4 is 21.3 Å². The van der Waals surface area contributed by atoms with Crippen LogP contribution in [0.5, 0.6) is 5.75 Å². The molecule has 0 fully saturated rings. The lowest BCUT2D eigenvalue weighted by atomic mass is 10.3. The zero-order chi connectivity index (χ0) is 23.0. The molecule has 0 saturated heterocycles. The van der Waals surface area contributed by atoms with Crippen molar-refractivity contribution in [2.24, 2.45) is 0 Å². The second kappa shape index (κ2) is 8.56. The highest BCUT2D eigenvalue weighted by molar-refractivity contribution is 7.17. The van der Waals surface area contributed by atoms with Gasteiger partial charge in [0.1, 0.15) is 28.6 Å². The smallest absolute Gasteiger partial charge is 0.336 e. The Labute approximate surface area is 188 Å². The maximum Gasteiger partial charge on any atom is 0.336 e. The van der Waals surface area contributed by atoms with Crippen molar-refractivity contribution in [3.8, 4) is 11.4 Å². The molecule has 4 rings (SSSR count). The number of carbonyl (C=O) groups is 1. The molecule has 1 amide bonds. The van der Waals surface area contributed by atoms with Gasteiger partial charge >= 0.3 is 5.69 Å². The first-order valence-electron chi connectivity index (χ1n) is 9.12. The number of ether oxygens (including phenoxy) is 1. The number of rotatable bonds is 5. The quantitative estimate of drug-likeness (QED) is 0.474. The van der Waals surface area contributed by atoms with Gasteiger partial charge < -0.3 is 10.1 Å². The fourth-order valence-electron chi connectivity index (χ4n) is 3.23. The Morgan fingerprint density at radius 3 is 2.66 bits per heavy atom. The lowest BCUT2D eigenvalue weighted by molar-refractivity contribution is -0.116. The molecule has 0 radical (unpaired) electrons. The number of benzene rings is 2. The minimum atomic E-state index is -1.08. The first kappa shape index (κ1) is 21.7. The van der Waals surface area contributed by atoms with E-state index in [9.17, 15) is 23.2 Å². The van der Waals surface area contributed by atoms with Crippen molar-refractivity contribution < 1.29 is 18.3 Å². The second-order valence-electron chi connectivity index (χ2n) is 6.63. The number of nitrogens with one attached hydrogen (secondary N) is 1. The normalized spacial score (nSPS) is 11.0. The Bertz CT molecular complexity index is 1480. The zero-order valence-electron chi connectivity index (χ0n) is 16.4. The number of halogens is 3. The maximum atomic E-state index is 14.4. The van der Waals surface area contributed by atoms with Crippen molar-refractivity contribution in [3.05, 3.63) is 85.3 Å². The van der Waals surface area contributed by atoms with Gasteiger partial charge in [0, 0.05) is 11.1 Å². The number of thiophene rings is 1. The summed E-state index contributed by atoms with van der Waals surface area (Å²) in [5.41, 5.74) is -1.62. The molecule has 0 spiro atoms. The Balaban J connectivity index is 1.81. The molecule has 32 heavy (non-hydrogen) atoms. The predicted molar refractivity (Wildman–Crippen MR) is 118 cm³/mol. The van der Waals surface area contributed by atoms with E-state index in [-0.39, 0.29) is 15.9 Å². The van der Waals surface area contributed by atoms with Crippen molar-refractivity contribution >= 4 is 44.7 Å². The van der Waals surface area contributed by atoms with Crippen LogP contribution >= 0.6 is 22.9 Å². The SMILES string of the molecule is COc1ccc(Cl)cc1NC(=O)Cn1c(=O)n(-c2ccc(F)cc2F)c(=O)c2sccc21. The number of hydrogen-bond acceptors (Lipinski definition) is 5. The summed E-state index contributed by atoms with van der Waals surface area (Å²) in [6, 6.07) is 8.65. The molecule has 164 valence electrons. The molecule has 2 aromatic carbocycles. The molecular formula is C21H14ClF2N3O4S. The van der Waals surface area contributed by atoms with Crippen molar-refractivity contribution in [3.63, 3.8) is 0 Å². The van der Waals surface area contributed by atoms with E-state index in [1.807, 2.05) is 0 Å². The van der Waals surface area contributed by atoms with Gasteiger partial charge in [0.15, 0.2) is 0 Å². The van der Waals surface area contributed by atoms with Crippen molar-refractivity contribution in [2.45, 2.75) is 6.54 Å². The summed E-state index contributed by atoms with van der Waals surface area (Å²) in [5.74, 6) is -2.19. The van der Waals surface area contributed by atoms with E-state index in [2.05, 4.69) is 5.32 Å². The first-order valence-corrected chi connectivity index (χ1v) is 10.4. The molecule has 0 unspecified atom stereocenters. The Hall–Kier alpha value is -3.50. The highest BCUT2D eigenvalue weighted by Crippen LogP contribution is 2.27. The zero-order valence-corrected chi connectivity index (χ0v) is 18.0. The average molecular weight is 478 g/mol. The van der Waals surface area contributed by atoms with E-state index in [4.69, 9.17) is 16.3 Å². The van der Waals surface area contributed by atoms with Crippen LogP contribution in [0.1, 0.15) is 0 Å². The first-order chi connectivity index (χ1) is 15.3. The van der Waals surface area contributed by atoms with Crippen LogP contribution in [0.15, 0.2) is 57.4 Å². The van der Waals surface area contributed by atoms with Gasteiger partial charge in [-0.3, -0.25) is 14.2 Å². The Morgan fingerprint density at radius 2 is 1.94 bits per heavy atom. The predicted octanol–water partition coefficient (Wildman–Crippen LogP) is 3.79. The van der Waals surface area contributed by atoms with Crippen LogP contribution in [0.2, 0.25) is 5.02 Å². The third-order valence-corrected chi connectivity index (χ3v) is 5.77. The van der Waals surface area contributed by atoms with Crippen LogP contribution in [-0.4, -0.2) is 22.2 Å². The van der Waals surface area contributed by atoms with Gasteiger partial charge in [-0.25, -0.2) is 18.1 Å². The number of amides is 1. The van der Waals surface area contributed by atoms with Gasteiger partial charge in [-0.15, -0.1) is 11.3 Å². The van der Waals surface area contributed by atoms with Crippen LogP contribution in [0.3, 0.4) is 0 Å². The summed E-state index contributed by atoms with van der Waals surface area (Å²) in [7, 11) is 1.42. The summed E-state index contributed by atoms with van der Waals surface area (Å²) in [6.07, 6.45) is 0. The standard InChI is InChI=1S/C21H14ClF2N3O4S/c1-31-17-5-2-11(22)8-14(17)25-18(28)10-26-16-6-7-32-19(16)20(29)27(21(26)30)15-4-3-12(23)9-13(15)24/h2-9H,10H2,1H3,(H,25,28). The highest BCUT2D eigenvalue weighted by atomic mass is 35.5. The van der Waals surface area contributed by atoms with Crippen LogP contribution in [-0.2, 0) is 11.3 Å². The monoisotopic (exact) mass is 477 g/mol. The Morgan fingerprint density at radius 1 is 1.16 bits per heavy atom. The summed E-state index contributed by atoms with van der Waals surface area (Å²) in [6.45, 7) is -0.481. The number of nitrogens with zero attached hydrogens (tertiary/aromatic N) is 2. The van der Waals surface area contributed by atoms with E-state index >= 15 is 0 Å². The van der Waals surface area contributed by atoms with Gasteiger partial charge in [0.2, 0.25) is 5.91 Å². The summed E-state index contributed by atoms with van der Waals surface area (Å²) in [5, 5.41) is 4.55. The molecule has 0 atom stereocenters. The molecule has 2 heterocycles. The van der Waals surface area contributed by atoms with E-state index in [0.717, 1.165) is 28.0 Å². The maximum absolute atomic E-state index is 14.4. The Kier molecular flexibility index (Phi) is 5.81. The second-order valence-corrected chi connectivity index (χ2v) is 7.99.